The number of benzene rings is 2. The van der Waals surface area contributed by atoms with Crippen LogP contribution in [0.4, 0.5) is 17.2 Å². The van der Waals surface area contributed by atoms with Crippen LogP contribution in [-0.4, -0.2) is 23.1 Å². The third-order valence-electron chi connectivity index (χ3n) is 6.74. The highest BCUT2D eigenvalue weighted by molar-refractivity contribution is 7.19. The molecule has 1 fully saturated rings. The molecule has 1 aliphatic heterocycles. The Balaban J connectivity index is 1.48. The van der Waals surface area contributed by atoms with Crippen LogP contribution in [0.15, 0.2) is 48.8 Å². The molecule has 0 aliphatic carbocycles. The van der Waals surface area contributed by atoms with Crippen molar-refractivity contribution in [2.75, 3.05) is 23.3 Å². The molecule has 4 aromatic rings. The molecule has 5 heteroatoms. The molecular formula is C27H30N4S. The Hall–Kier alpha value is -2.92. The van der Waals surface area contributed by atoms with Gasteiger partial charge in [-0.3, -0.25) is 0 Å². The largest absolute Gasteiger partial charge is 0.372 e. The van der Waals surface area contributed by atoms with Gasteiger partial charge in [-0.25, -0.2) is 9.97 Å². The van der Waals surface area contributed by atoms with Gasteiger partial charge in [0.15, 0.2) is 0 Å². The van der Waals surface area contributed by atoms with E-state index in [0.717, 1.165) is 40.7 Å². The summed E-state index contributed by atoms with van der Waals surface area (Å²) in [6.45, 7) is 11.1. The summed E-state index contributed by atoms with van der Waals surface area (Å²) in [5, 5.41) is 4.67. The maximum atomic E-state index is 4.64. The van der Waals surface area contributed by atoms with Crippen LogP contribution in [0, 0.1) is 26.7 Å². The van der Waals surface area contributed by atoms with E-state index >= 15 is 0 Å². The van der Waals surface area contributed by atoms with E-state index in [2.05, 4.69) is 90.3 Å². The number of aromatic nitrogens is 2. The van der Waals surface area contributed by atoms with Crippen molar-refractivity contribution >= 4 is 38.7 Å². The fourth-order valence-electron chi connectivity index (χ4n) is 4.54. The summed E-state index contributed by atoms with van der Waals surface area (Å²) in [4.78, 5) is 14.0. The van der Waals surface area contributed by atoms with Crippen molar-refractivity contribution in [3.05, 3.63) is 64.8 Å². The highest BCUT2D eigenvalue weighted by Gasteiger charge is 2.18. The third-order valence-corrected chi connectivity index (χ3v) is 7.75. The Morgan fingerprint density at radius 1 is 0.938 bits per heavy atom. The van der Waals surface area contributed by atoms with Gasteiger partial charge in [-0.05, 0) is 80.5 Å². The molecule has 1 aliphatic rings. The van der Waals surface area contributed by atoms with Gasteiger partial charge in [-0.2, -0.15) is 0 Å². The van der Waals surface area contributed by atoms with Crippen molar-refractivity contribution in [2.24, 2.45) is 5.92 Å². The highest BCUT2D eigenvalue weighted by atomic mass is 32.1. The van der Waals surface area contributed by atoms with Crippen LogP contribution in [0.2, 0.25) is 0 Å². The molecule has 0 amide bonds. The van der Waals surface area contributed by atoms with E-state index < -0.39 is 0 Å². The van der Waals surface area contributed by atoms with Gasteiger partial charge in [0.1, 0.15) is 17.0 Å². The maximum absolute atomic E-state index is 4.64. The molecule has 1 saturated heterocycles. The van der Waals surface area contributed by atoms with E-state index in [4.69, 9.17) is 0 Å². The van der Waals surface area contributed by atoms with E-state index in [1.165, 1.54) is 45.7 Å². The molecule has 0 saturated carbocycles. The number of hydrogen-bond acceptors (Lipinski definition) is 5. The van der Waals surface area contributed by atoms with E-state index in [-0.39, 0.29) is 0 Å². The number of hydrogen-bond donors (Lipinski definition) is 1. The van der Waals surface area contributed by atoms with E-state index in [1.807, 2.05) is 0 Å². The topological polar surface area (TPSA) is 41.1 Å². The summed E-state index contributed by atoms with van der Waals surface area (Å²) in [5.74, 6) is 1.71. The van der Waals surface area contributed by atoms with Crippen molar-refractivity contribution in [1.29, 1.82) is 0 Å². The second kappa shape index (κ2) is 8.55. The maximum Gasteiger partial charge on any atom is 0.143 e. The lowest BCUT2D eigenvalue weighted by Gasteiger charge is -2.32. The van der Waals surface area contributed by atoms with Gasteiger partial charge >= 0.3 is 0 Å². The van der Waals surface area contributed by atoms with Gasteiger partial charge in [0.25, 0.3) is 0 Å². The Morgan fingerprint density at radius 2 is 1.69 bits per heavy atom. The lowest BCUT2D eigenvalue weighted by atomic mass is 9.98. The molecule has 32 heavy (non-hydrogen) atoms. The Bertz CT molecular complexity index is 1250. The number of aryl methyl sites for hydroxylation is 3. The predicted octanol–water partition coefficient (Wildman–Crippen LogP) is 7.26. The standard InChI is InChI=1S/C27H30N4S/c1-17-11-13-31(14-12-17)23-9-7-22(8-10-23)30-26-25-24(20(4)32-27(25)29-16-28-26)21-6-5-18(2)19(3)15-21/h5-10,15-17H,11-14H2,1-4H3,(H,28,29,30). The normalized spacial score (nSPS) is 14.8. The van der Waals surface area contributed by atoms with Gasteiger partial charge in [0.05, 0.1) is 5.39 Å². The Morgan fingerprint density at radius 3 is 2.41 bits per heavy atom. The molecule has 0 radical (unpaired) electrons. The fourth-order valence-corrected chi connectivity index (χ4v) is 5.56. The van der Waals surface area contributed by atoms with Crippen LogP contribution in [0.5, 0.6) is 0 Å². The third kappa shape index (κ3) is 3.97. The summed E-state index contributed by atoms with van der Waals surface area (Å²) in [5.41, 5.74) is 7.42. The number of nitrogens with zero attached hydrogens (tertiary/aromatic N) is 3. The van der Waals surface area contributed by atoms with Gasteiger partial charge < -0.3 is 10.2 Å². The monoisotopic (exact) mass is 442 g/mol. The first-order valence-corrected chi connectivity index (χ1v) is 12.2. The molecule has 0 bridgehead atoms. The minimum Gasteiger partial charge on any atom is -0.372 e. The molecule has 0 atom stereocenters. The zero-order valence-corrected chi connectivity index (χ0v) is 20.1. The fraction of sp³-hybridized carbons (Fsp3) is 0.333. The van der Waals surface area contributed by atoms with Crippen molar-refractivity contribution < 1.29 is 0 Å². The lowest BCUT2D eigenvalue weighted by Crippen LogP contribution is -2.32. The minimum atomic E-state index is 0.841. The van der Waals surface area contributed by atoms with Crippen LogP contribution in [0.1, 0.15) is 35.8 Å². The second-order valence-electron chi connectivity index (χ2n) is 9.08. The minimum absolute atomic E-state index is 0.841. The smallest absolute Gasteiger partial charge is 0.143 e. The number of nitrogens with one attached hydrogen (secondary N) is 1. The van der Waals surface area contributed by atoms with Crippen LogP contribution >= 0.6 is 11.3 Å². The molecular weight excluding hydrogens is 412 g/mol. The Labute approximate surface area is 194 Å². The van der Waals surface area contributed by atoms with Crippen molar-refractivity contribution in [3.8, 4) is 11.1 Å². The van der Waals surface area contributed by atoms with Crippen molar-refractivity contribution in [1.82, 2.24) is 9.97 Å². The second-order valence-corrected chi connectivity index (χ2v) is 10.3. The first-order chi connectivity index (χ1) is 15.5. The number of fused-ring (bicyclic) bond motifs is 1. The van der Waals surface area contributed by atoms with E-state index in [9.17, 15) is 0 Å². The lowest BCUT2D eigenvalue weighted by molar-refractivity contribution is 0.438. The molecule has 2 aromatic carbocycles. The van der Waals surface area contributed by atoms with Gasteiger partial charge in [0.2, 0.25) is 0 Å². The summed E-state index contributed by atoms with van der Waals surface area (Å²) < 4.78 is 0. The summed E-state index contributed by atoms with van der Waals surface area (Å²) in [6.07, 6.45) is 4.21. The van der Waals surface area contributed by atoms with Crippen LogP contribution in [0.25, 0.3) is 21.3 Å². The number of rotatable bonds is 4. The van der Waals surface area contributed by atoms with Crippen molar-refractivity contribution in [2.45, 2.75) is 40.5 Å². The number of anilines is 3. The average Bonchev–Trinajstić information content (AvgIpc) is 3.14. The zero-order chi connectivity index (χ0) is 22.2. The first kappa shape index (κ1) is 21.0. The number of piperidine rings is 1. The molecule has 5 rings (SSSR count). The summed E-state index contributed by atoms with van der Waals surface area (Å²) in [6, 6.07) is 15.5. The van der Waals surface area contributed by atoms with Gasteiger partial charge in [-0.15, -0.1) is 11.3 Å². The van der Waals surface area contributed by atoms with Crippen molar-refractivity contribution in [3.63, 3.8) is 0 Å². The molecule has 1 N–H and O–H groups in total. The van der Waals surface area contributed by atoms with Crippen LogP contribution in [-0.2, 0) is 0 Å². The molecule has 3 heterocycles. The summed E-state index contributed by atoms with van der Waals surface area (Å²) in [7, 11) is 0. The quantitative estimate of drug-likeness (QED) is 0.361. The van der Waals surface area contributed by atoms with Crippen LogP contribution in [0.3, 0.4) is 0 Å². The summed E-state index contributed by atoms with van der Waals surface area (Å²) >= 11 is 1.73. The molecule has 164 valence electrons. The number of thiophene rings is 1. The average molecular weight is 443 g/mol. The van der Waals surface area contributed by atoms with Gasteiger partial charge in [-0.1, -0.05) is 25.1 Å². The molecule has 4 nitrogen and oxygen atoms in total. The first-order valence-electron chi connectivity index (χ1n) is 11.4. The van der Waals surface area contributed by atoms with E-state index in [0.29, 0.717) is 0 Å². The molecule has 0 spiro atoms. The highest BCUT2D eigenvalue weighted by Crippen LogP contribution is 2.41. The zero-order valence-electron chi connectivity index (χ0n) is 19.3. The predicted molar refractivity (Wildman–Crippen MR) is 137 cm³/mol. The molecule has 0 unspecified atom stereocenters. The Kier molecular flexibility index (Phi) is 5.60. The van der Waals surface area contributed by atoms with Crippen LogP contribution < -0.4 is 10.2 Å². The van der Waals surface area contributed by atoms with Gasteiger partial charge in [0, 0.05) is 34.9 Å². The SMILES string of the molecule is Cc1ccc(-c2c(C)sc3ncnc(Nc4ccc(N5CCC(C)CC5)cc4)c23)cc1C. The molecule has 2 aromatic heterocycles. The van der Waals surface area contributed by atoms with E-state index in [1.54, 1.807) is 17.7 Å².